The van der Waals surface area contributed by atoms with E-state index in [1.54, 1.807) is 17.8 Å². The molecule has 41 heavy (non-hydrogen) atoms. The van der Waals surface area contributed by atoms with Crippen LogP contribution in [0, 0.1) is 5.82 Å². The molecule has 4 aromatic rings. The predicted molar refractivity (Wildman–Crippen MR) is 156 cm³/mol. The van der Waals surface area contributed by atoms with Crippen LogP contribution in [0.3, 0.4) is 0 Å². The van der Waals surface area contributed by atoms with E-state index < -0.39 is 6.09 Å². The molecule has 0 saturated carbocycles. The number of nitrogens with one attached hydrogen (secondary N) is 2. The van der Waals surface area contributed by atoms with Crippen LogP contribution in [0.15, 0.2) is 94.0 Å². The summed E-state index contributed by atoms with van der Waals surface area (Å²) in [6.07, 6.45) is 4.92. The summed E-state index contributed by atoms with van der Waals surface area (Å²) in [5, 5.41) is 9.07. The van der Waals surface area contributed by atoms with Crippen LogP contribution in [0.4, 0.5) is 15.1 Å². The maximum atomic E-state index is 14.2. The molecule has 0 saturated heterocycles. The highest BCUT2D eigenvalue weighted by Crippen LogP contribution is 2.43. The van der Waals surface area contributed by atoms with E-state index >= 15 is 0 Å². The Labute approximate surface area is 240 Å². The number of benzene rings is 3. The molecule has 1 aromatic heterocycles. The van der Waals surface area contributed by atoms with E-state index in [1.807, 2.05) is 55.6 Å². The van der Waals surface area contributed by atoms with Crippen LogP contribution >= 0.6 is 11.8 Å². The molecule has 0 aliphatic heterocycles. The maximum Gasteiger partial charge on any atom is 0.414 e. The van der Waals surface area contributed by atoms with Gasteiger partial charge in [-0.05, 0) is 81.6 Å². The number of rotatable bonds is 9. The normalized spacial score (nSPS) is 13.3. The van der Waals surface area contributed by atoms with Crippen molar-refractivity contribution in [3.63, 3.8) is 0 Å². The summed E-state index contributed by atoms with van der Waals surface area (Å²) in [4.78, 5) is 26.1. The second kappa shape index (κ2) is 12.6. The number of carbonyl (C=O) groups is 2. The Morgan fingerprint density at radius 3 is 2.61 bits per heavy atom. The Morgan fingerprint density at radius 1 is 1.07 bits per heavy atom. The van der Waals surface area contributed by atoms with Crippen LogP contribution in [0.1, 0.15) is 30.0 Å². The van der Waals surface area contributed by atoms with Gasteiger partial charge < -0.3 is 10.1 Å². The van der Waals surface area contributed by atoms with Crippen LogP contribution in [0.2, 0.25) is 0 Å². The van der Waals surface area contributed by atoms with E-state index in [9.17, 15) is 14.0 Å². The number of thioether (sulfide) groups is 1. The maximum absolute atomic E-state index is 14.2. The van der Waals surface area contributed by atoms with Crippen LogP contribution < -0.4 is 15.3 Å². The van der Waals surface area contributed by atoms with Crippen molar-refractivity contribution in [2.75, 3.05) is 24.7 Å². The molecule has 10 heteroatoms. The highest BCUT2D eigenvalue weighted by atomic mass is 32.2. The Bertz CT molecular complexity index is 1630. The molecule has 1 heterocycles. The van der Waals surface area contributed by atoms with Crippen molar-refractivity contribution < 1.29 is 27.9 Å². The van der Waals surface area contributed by atoms with Crippen molar-refractivity contribution in [3.8, 4) is 5.69 Å². The van der Waals surface area contributed by atoms with Crippen molar-refractivity contribution in [2.24, 2.45) is 0 Å². The Balaban J connectivity index is 1.16. The van der Waals surface area contributed by atoms with E-state index in [4.69, 9.17) is 9.26 Å². The summed E-state index contributed by atoms with van der Waals surface area (Å²) < 4.78 is 25.9. The summed E-state index contributed by atoms with van der Waals surface area (Å²) in [5.41, 5.74) is 6.03. The van der Waals surface area contributed by atoms with Crippen LogP contribution in [0.25, 0.3) is 22.9 Å². The lowest BCUT2D eigenvalue weighted by Gasteiger charge is -2.09. The van der Waals surface area contributed by atoms with Gasteiger partial charge in [-0.2, -0.15) is 0 Å². The van der Waals surface area contributed by atoms with Gasteiger partial charge in [0.25, 0.3) is 6.20 Å². The molecule has 208 valence electrons. The van der Waals surface area contributed by atoms with Gasteiger partial charge in [0.2, 0.25) is 16.9 Å². The number of hydrogen-bond acceptors (Lipinski definition) is 6. The van der Waals surface area contributed by atoms with Gasteiger partial charge in [0, 0.05) is 17.0 Å². The molecule has 0 radical (unpaired) electrons. The van der Waals surface area contributed by atoms with Crippen LogP contribution in [-0.4, -0.2) is 36.7 Å². The van der Waals surface area contributed by atoms with Gasteiger partial charge in [0.1, 0.15) is 12.4 Å². The first-order chi connectivity index (χ1) is 19.9. The van der Waals surface area contributed by atoms with Gasteiger partial charge in [-0.1, -0.05) is 36.4 Å². The highest BCUT2D eigenvalue weighted by molar-refractivity contribution is 7.98. The second-order valence-corrected chi connectivity index (χ2v) is 10.1. The first-order valence-corrected chi connectivity index (χ1v) is 14.1. The average molecular weight is 572 g/mol. The number of anilines is 1. The summed E-state index contributed by atoms with van der Waals surface area (Å²) in [6, 6.07) is 22.1. The number of carbonyl (C=O) groups excluding carboxylic acids is 2. The molecule has 0 fully saturated rings. The summed E-state index contributed by atoms with van der Waals surface area (Å²) in [6.45, 7) is 2.01. The third kappa shape index (κ3) is 6.72. The molecule has 1 aliphatic rings. The van der Waals surface area contributed by atoms with Gasteiger partial charge in [-0.3, -0.25) is 14.6 Å². The van der Waals surface area contributed by atoms with E-state index in [2.05, 4.69) is 34.1 Å². The smallest absolute Gasteiger partial charge is 0.414 e. The molecule has 0 unspecified atom stereocenters. The fourth-order valence-corrected chi connectivity index (χ4v) is 4.95. The fourth-order valence-electron chi connectivity index (χ4n) is 4.55. The molecule has 1 aliphatic carbocycles. The number of allylic oxidation sites excluding steroid dienone is 2. The van der Waals surface area contributed by atoms with Gasteiger partial charge >= 0.3 is 12.0 Å². The number of hydrogen-bond donors (Lipinski definition) is 2. The lowest BCUT2D eigenvalue weighted by atomic mass is 10.0. The first kappa shape index (κ1) is 27.9. The minimum Gasteiger partial charge on any atom is -0.447 e. The number of ether oxygens (including phenoxy) is 1. The molecular formula is C31H28FN4O4S+. The standard InChI is InChI=1S/C31H27FN4O4S/c1-20-26(16-21-8-11-24(41-2)12-9-21)25-13-10-22(32)17-28(25)27(20)18-29(37)33-14-15-39-31(38)34-30-19-36(35-40-30)23-6-4-3-5-7-23/h3-13,16-17,19H,14-15,18H2,1-2H3,(H-,33,34,35,37,38)/p+1/b26-16-. The Kier molecular flexibility index (Phi) is 8.59. The van der Waals surface area contributed by atoms with Crippen molar-refractivity contribution in [1.82, 2.24) is 10.6 Å². The van der Waals surface area contributed by atoms with E-state index in [-0.39, 0.29) is 37.2 Å². The van der Waals surface area contributed by atoms with E-state index in [1.165, 1.54) is 27.9 Å². The number of amides is 2. The van der Waals surface area contributed by atoms with E-state index in [0.717, 1.165) is 33.5 Å². The SMILES string of the molecule is CSc1ccc(/C=C2/C(C)=C(CC(=O)NCCOC(=O)Nc3c[n+](-c4ccccc4)no3)c3cc(F)ccc32)cc1. The van der Waals surface area contributed by atoms with Gasteiger partial charge in [0.15, 0.2) is 0 Å². The highest BCUT2D eigenvalue weighted by Gasteiger charge is 2.26. The summed E-state index contributed by atoms with van der Waals surface area (Å²) in [5.74, 6) is -0.509. The molecule has 2 amide bonds. The zero-order chi connectivity index (χ0) is 28.8. The molecule has 8 nitrogen and oxygen atoms in total. The number of aromatic nitrogens is 2. The predicted octanol–water partition coefficient (Wildman–Crippen LogP) is 5.90. The fraction of sp³-hybridized carbons (Fsp3) is 0.161. The largest absolute Gasteiger partial charge is 0.447 e. The number of fused-ring (bicyclic) bond motifs is 1. The van der Waals surface area contributed by atoms with Crippen molar-refractivity contribution in [3.05, 3.63) is 107 Å². The van der Waals surface area contributed by atoms with Gasteiger partial charge in [0.05, 0.1) is 13.0 Å². The zero-order valence-electron chi connectivity index (χ0n) is 22.5. The van der Waals surface area contributed by atoms with Crippen LogP contribution in [-0.2, 0) is 9.53 Å². The lowest BCUT2D eigenvalue weighted by Crippen LogP contribution is -2.31. The first-order valence-electron chi connectivity index (χ1n) is 12.9. The minimum absolute atomic E-state index is 0.0508. The van der Waals surface area contributed by atoms with Crippen LogP contribution in [0.5, 0.6) is 0 Å². The van der Waals surface area contributed by atoms with E-state index in [0.29, 0.717) is 5.56 Å². The monoisotopic (exact) mass is 571 g/mol. The molecule has 0 bridgehead atoms. The molecule has 2 N–H and O–H groups in total. The number of nitrogens with zero attached hydrogens (tertiary/aromatic N) is 2. The van der Waals surface area contributed by atoms with Crippen molar-refractivity contribution >= 4 is 46.9 Å². The molecule has 0 spiro atoms. The summed E-state index contributed by atoms with van der Waals surface area (Å²) in [7, 11) is 0. The molecular weight excluding hydrogens is 543 g/mol. The average Bonchev–Trinajstić information content (AvgIpc) is 3.54. The zero-order valence-corrected chi connectivity index (χ0v) is 23.3. The lowest BCUT2D eigenvalue weighted by molar-refractivity contribution is -0.670. The number of para-hydroxylation sites is 1. The minimum atomic E-state index is -0.741. The molecule has 5 rings (SSSR count). The van der Waals surface area contributed by atoms with Crippen molar-refractivity contribution in [2.45, 2.75) is 18.2 Å². The third-order valence-electron chi connectivity index (χ3n) is 6.59. The van der Waals surface area contributed by atoms with Gasteiger partial charge in [-0.25, -0.2) is 9.18 Å². The topological polar surface area (TPSA) is 97.3 Å². The second-order valence-electron chi connectivity index (χ2n) is 9.26. The Hall–Kier alpha value is -4.70. The Morgan fingerprint density at radius 2 is 1.85 bits per heavy atom. The molecule has 0 atom stereocenters. The van der Waals surface area contributed by atoms with Crippen molar-refractivity contribution in [1.29, 1.82) is 0 Å². The molecule has 3 aromatic carbocycles. The number of halogens is 1. The van der Waals surface area contributed by atoms with Gasteiger partial charge in [-0.15, -0.1) is 11.8 Å². The summed E-state index contributed by atoms with van der Waals surface area (Å²) >= 11 is 1.67. The third-order valence-corrected chi connectivity index (χ3v) is 7.33. The quantitative estimate of drug-likeness (QED) is 0.148.